The zero-order valence-electron chi connectivity index (χ0n) is 16.1. The number of benzene rings is 3. The topological polar surface area (TPSA) is 83.7 Å². The second-order valence-corrected chi connectivity index (χ2v) is 6.71. The molecule has 1 unspecified atom stereocenters. The number of carbonyl (C=O) groups is 1. The van der Waals surface area contributed by atoms with Gasteiger partial charge in [-0.05, 0) is 29.8 Å². The van der Waals surface area contributed by atoms with E-state index in [1.807, 2.05) is 60.7 Å². The van der Waals surface area contributed by atoms with Gasteiger partial charge in [-0.3, -0.25) is 4.79 Å². The molecule has 30 heavy (non-hydrogen) atoms. The molecule has 1 amide bonds. The number of hydrogen-bond acceptors (Lipinski definition) is 5. The summed E-state index contributed by atoms with van der Waals surface area (Å²) in [6.07, 6.45) is 0.342. The maximum atomic E-state index is 12.3. The number of para-hydroxylation sites is 2. The fourth-order valence-electron chi connectivity index (χ4n) is 3.24. The van der Waals surface area contributed by atoms with Crippen LogP contribution in [-0.2, 0) is 4.79 Å². The number of carbonyl (C=O) groups excluding carboxylic acids is 1. The Bertz CT molecular complexity index is 1120. The van der Waals surface area contributed by atoms with Crippen LogP contribution in [0, 0.1) is 11.3 Å². The highest BCUT2D eigenvalue weighted by molar-refractivity contribution is 6.04. The fraction of sp³-hybridized carbons (Fsp3) is 0.125. The van der Waals surface area contributed by atoms with Crippen molar-refractivity contribution in [1.29, 1.82) is 5.26 Å². The van der Waals surface area contributed by atoms with Gasteiger partial charge in [0.15, 0.2) is 6.61 Å². The molecule has 0 spiro atoms. The minimum atomic E-state index is -0.407. The van der Waals surface area contributed by atoms with Crippen molar-refractivity contribution in [2.24, 2.45) is 5.10 Å². The first-order valence-corrected chi connectivity index (χ1v) is 9.53. The second-order valence-electron chi connectivity index (χ2n) is 6.71. The smallest absolute Gasteiger partial charge is 0.277 e. The summed E-state index contributed by atoms with van der Waals surface area (Å²) in [6.45, 7) is -0.240. The van der Waals surface area contributed by atoms with Crippen molar-refractivity contribution in [3.63, 3.8) is 0 Å². The first kappa shape index (κ1) is 19.2. The molecule has 0 bridgehead atoms. The van der Waals surface area contributed by atoms with Crippen LogP contribution in [0.2, 0.25) is 0 Å². The molecule has 0 aromatic heterocycles. The van der Waals surface area contributed by atoms with Crippen molar-refractivity contribution in [2.45, 2.75) is 12.5 Å². The molecule has 0 saturated carbocycles. The number of nitrogens with one attached hydrogen (secondary N) is 1. The highest BCUT2D eigenvalue weighted by Crippen LogP contribution is 2.34. The van der Waals surface area contributed by atoms with E-state index in [-0.39, 0.29) is 12.7 Å². The molecule has 4 rings (SSSR count). The van der Waals surface area contributed by atoms with Crippen LogP contribution in [0.15, 0.2) is 84.0 Å². The molecule has 6 heteroatoms. The lowest BCUT2D eigenvalue weighted by atomic mass is 9.96. The third-order valence-electron chi connectivity index (χ3n) is 4.70. The zero-order chi connectivity index (χ0) is 20.8. The molecular weight excluding hydrogens is 378 g/mol. The molecule has 0 radical (unpaired) electrons. The minimum absolute atomic E-state index is 0.185. The van der Waals surface area contributed by atoms with E-state index in [4.69, 9.17) is 14.7 Å². The second kappa shape index (κ2) is 8.93. The molecular formula is C24H19N3O3. The summed E-state index contributed by atoms with van der Waals surface area (Å²) in [5.41, 5.74) is 5.56. The monoisotopic (exact) mass is 397 g/mol. The van der Waals surface area contributed by atoms with Gasteiger partial charge in [0, 0.05) is 12.0 Å². The normalized spacial score (nSPS) is 16.1. The predicted molar refractivity (Wildman–Crippen MR) is 112 cm³/mol. The van der Waals surface area contributed by atoms with Crippen LogP contribution in [-0.4, -0.2) is 18.2 Å². The largest absolute Gasteiger partial charge is 0.485 e. The van der Waals surface area contributed by atoms with Crippen LogP contribution in [0.4, 0.5) is 0 Å². The van der Waals surface area contributed by atoms with E-state index in [0.29, 0.717) is 17.7 Å². The van der Waals surface area contributed by atoms with E-state index < -0.39 is 5.91 Å². The lowest BCUT2D eigenvalue weighted by Crippen LogP contribution is -2.28. The molecule has 1 aliphatic rings. The Morgan fingerprint density at radius 2 is 1.80 bits per heavy atom. The van der Waals surface area contributed by atoms with Crippen molar-refractivity contribution >= 4 is 11.6 Å². The molecule has 1 atom stereocenters. The summed E-state index contributed by atoms with van der Waals surface area (Å²) in [5.74, 6) is 0.684. The first-order valence-electron chi connectivity index (χ1n) is 9.53. The van der Waals surface area contributed by atoms with E-state index in [1.165, 1.54) is 0 Å². The van der Waals surface area contributed by atoms with Crippen molar-refractivity contribution < 1.29 is 14.3 Å². The Hall–Kier alpha value is -4.11. The van der Waals surface area contributed by atoms with Gasteiger partial charge in [-0.1, -0.05) is 54.6 Å². The van der Waals surface area contributed by atoms with Gasteiger partial charge in [0.1, 0.15) is 23.7 Å². The molecule has 0 saturated heterocycles. The van der Waals surface area contributed by atoms with Crippen molar-refractivity contribution in [2.75, 3.05) is 6.61 Å². The highest BCUT2D eigenvalue weighted by Gasteiger charge is 2.26. The van der Waals surface area contributed by atoms with E-state index >= 15 is 0 Å². The fourth-order valence-corrected chi connectivity index (χ4v) is 3.24. The summed E-state index contributed by atoms with van der Waals surface area (Å²) in [4.78, 5) is 12.3. The number of amides is 1. The average Bonchev–Trinajstić information content (AvgIpc) is 2.81. The first-order chi connectivity index (χ1) is 14.7. The lowest BCUT2D eigenvalue weighted by Gasteiger charge is -2.27. The highest BCUT2D eigenvalue weighted by atomic mass is 16.5. The van der Waals surface area contributed by atoms with Gasteiger partial charge in [-0.2, -0.15) is 10.4 Å². The maximum Gasteiger partial charge on any atom is 0.277 e. The number of nitriles is 1. The third-order valence-corrected chi connectivity index (χ3v) is 4.70. The quantitative estimate of drug-likeness (QED) is 0.660. The summed E-state index contributed by atoms with van der Waals surface area (Å²) >= 11 is 0. The van der Waals surface area contributed by atoms with Crippen molar-refractivity contribution in [3.05, 3.63) is 95.6 Å². The van der Waals surface area contributed by atoms with Crippen LogP contribution in [0.25, 0.3) is 0 Å². The average molecular weight is 397 g/mol. The number of hydrogen-bond donors (Lipinski definition) is 1. The lowest BCUT2D eigenvalue weighted by molar-refractivity contribution is -0.123. The Morgan fingerprint density at radius 1 is 1.07 bits per heavy atom. The standard InChI is InChI=1S/C24H19N3O3/c25-15-18-10-4-6-12-21(18)29-16-24(28)27-26-20-14-23(17-8-2-1-3-9-17)30-22-13-7-5-11-19(20)22/h1-13,23H,14,16H2,(H,27,28). The van der Waals surface area contributed by atoms with Gasteiger partial charge < -0.3 is 9.47 Å². The van der Waals surface area contributed by atoms with Crippen LogP contribution < -0.4 is 14.9 Å². The molecule has 3 aromatic rings. The summed E-state index contributed by atoms with van der Waals surface area (Å²) in [6, 6.07) is 26.3. The van der Waals surface area contributed by atoms with E-state index in [9.17, 15) is 4.79 Å². The Morgan fingerprint density at radius 3 is 2.63 bits per heavy atom. The predicted octanol–water partition coefficient (Wildman–Crippen LogP) is 3.98. The zero-order valence-corrected chi connectivity index (χ0v) is 16.1. The molecule has 3 aromatic carbocycles. The van der Waals surface area contributed by atoms with Gasteiger partial charge in [-0.25, -0.2) is 5.43 Å². The maximum absolute atomic E-state index is 12.3. The molecule has 1 heterocycles. The third kappa shape index (κ3) is 4.31. The molecule has 1 aliphatic heterocycles. The van der Waals surface area contributed by atoms with Gasteiger partial charge >= 0.3 is 0 Å². The molecule has 148 valence electrons. The minimum Gasteiger partial charge on any atom is -0.485 e. The Labute approximate surface area is 174 Å². The van der Waals surface area contributed by atoms with E-state index in [1.54, 1.807) is 24.3 Å². The van der Waals surface area contributed by atoms with Gasteiger partial charge in [0.25, 0.3) is 5.91 Å². The van der Waals surface area contributed by atoms with Gasteiger partial charge in [-0.15, -0.1) is 0 Å². The Balaban J connectivity index is 1.47. The van der Waals surface area contributed by atoms with Gasteiger partial charge in [0.05, 0.1) is 11.3 Å². The van der Waals surface area contributed by atoms with Crippen LogP contribution in [0.3, 0.4) is 0 Å². The molecule has 6 nitrogen and oxygen atoms in total. The SMILES string of the molecule is N#Cc1ccccc1OCC(=O)NN=C1CC(c2ccccc2)Oc2ccccc21. The number of hydrazone groups is 1. The number of rotatable bonds is 5. The van der Waals surface area contributed by atoms with Crippen LogP contribution >= 0.6 is 0 Å². The number of nitrogens with zero attached hydrogens (tertiary/aromatic N) is 2. The molecule has 1 N–H and O–H groups in total. The number of fused-ring (bicyclic) bond motifs is 1. The van der Waals surface area contributed by atoms with Crippen LogP contribution in [0.1, 0.15) is 29.2 Å². The van der Waals surface area contributed by atoms with Crippen LogP contribution in [0.5, 0.6) is 11.5 Å². The van der Waals surface area contributed by atoms with Crippen molar-refractivity contribution in [1.82, 2.24) is 5.43 Å². The van der Waals surface area contributed by atoms with E-state index in [2.05, 4.69) is 10.5 Å². The summed E-state index contributed by atoms with van der Waals surface area (Å²) < 4.78 is 11.6. The summed E-state index contributed by atoms with van der Waals surface area (Å²) in [7, 11) is 0. The molecule has 0 aliphatic carbocycles. The Kier molecular flexibility index (Phi) is 5.72. The number of ether oxygens (including phenoxy) is 2. The summed E-state index contributed by atoms with van der Waals surface area (Å²) in [5, 5.41) is 13.5. The van der Waals surface area contributed by atoms with Crippen molar-refractivity contribution in [3.8, 4) is 17.6 Å². The molecule has 0 fully saturated rings. The van der Waals surface area contributed by atoms with Gasteiger partial charge in [0.2, 0.25) is 0 Å². The van der Waals surface area contributed by atoms with E-state index in [0.717, 1.165) is 22.6 Å².